The number of nitrogens with zero attached hydrogens (tertiary/aromatic N) is 4. The molecule has 1 atom stereocenters. The van der Waals surface area contributed by atoms with Crippen molar-refractivity contribution in [1.82, 2.24) is 19.6 Å². The van der Waals surface area contributed by atoms with Gasteiger partial charge in [-0.15, -0.1) is 0 Å². The van der Waals surface area contributed by atoms with Gasteiger partial charge in [-0.1, -0.05) is 41.4 Å². The average molecular weight is 408 g/mol. The second kappa shape index (κ2) is 7.81. The number of aromatic nitrogens is 4. The lowest BCUT2D eigenvalue weighted by atomic mass is 10.2. The molecule has 0 spiro atoms. The Bertz CT molecular complexity index is 998. The van der Waals surface area contributed by atoms with Gasteiger partial charge in [0.25, 0.3) is 5.91 Å². The highest BCUT2D eigenvalue weighted by atomic mass is 35.5. The van der Waals surface area contributed by atoms with Crippen LogP contribution in [0.4, 0.5) is 5.82 Å². The number of nitrogens with one attached hydrogen (secondary N) is 1. The van der Waals surface area contributed by atoms with Crippen LogP contribution in [0.15, 0.2) is 42.9 Å². The molecule has 0 aliphatic carbocycles. The van der Waals surface area contributed by atoms with E-state index in [-0.39, 0.29) is 16.4 Å². The zero-order valence-electron chi connectivity index (χ0n) is 14.1. The number of hydrogen-bond acceptors (Lipinski definition) is 4. The van der Waals surface area contributed by atoms with Crippen LogP contribution in [-0.4, -0.2) is 36.5 Å². The molecular weight excluding hydrogens is 393 g/mol. The first-order valence-electron chi connectivity index (χ1n) is 7.90. The van der Waals surface area contributed by atoms with Crippen molar-refractivity contribution in [3.63, 3.8) is 0 Å². The summed E-state index contributed by atoms with van der Waals surface area (Å²) in [6.07, 6.45) is 4.21. The standard InChI is InChI=1S/C17H15Cl2N5O3/c1-10(17(26)27)24-8-12(6-20-24)16(25)21-15-14(19)9-23(22-15)7-11-4-2-3-5-13(11)18/h2-6,8-10H,7H2,1H3,(H,26,27)(H,21,22,25). The highest BCUT2D eigenvalue weighted by molar-refractivity contribution is 6.33. The molecule has 0 bridgehead atoms. The Morgan fingerprint density at radius 1 is 1.22 bits per heavy atom. The number of carbonyl (C=O) groups is 2. The molecule has 0 saturated carbocycles. The van der Waals surface area contributed by atoms with Crippen molar-refractivity contribution in [1.29, 1.82) is 0 Å². The average Bonchev–Trinajstić information content (AvgIpc) is 3.24. The van der Waals surface area contributed by atoms with E-state index < -0.39 is 17.9 Å². The van der Waals surface area contributed by atoms with Crippen LogP contribution >= 0.6 is 23.2 Å². The lowest BCUT2D eigenvalue weighted by molar-refractivity contribution is -0.140. The van der Waals surface area contributed by atoms with Gasteiger partial charge in [0.15, 0.2) is 5.82 Å². The molecule has 3 aromatic rings. The lowest BCUT2D eigenvalue weighted by Crippen LogP contribution is -2.16. The summed E-state index contributed by atoms with van der Waals surface area (Å²) in [5.41, 5.74) is 1.06. The monoisotopic (exact) mass is 407 g/mol. The number of amides is 1. The van der Waals surface area contributed by atoms with Crippen molar-refractivity contribution < 1.29 is 14.7 Å². The number of anilines is 1. The number of benzene rings is 1. The summed E-state index contributed by atoms with van der Waals surface area (Å²) < 4.78 is 2.75. The van der Waals surface area contributed by atoms with Crippen molar-refractivity contribution >= 4 is 40.9 Å². The maximum absolute atomic E-state index is 12.4. The van der Waals surface area contributed by atoms with Crippen LogP contribution in [0.2, 0.25) is 10.0 Å². The molecule has 10 heteroatoms. The third kappa shape index (κ3) is 4.29. The summed E-state index contributed by atoms with van der Waals surface area (Å²) in [6, 6.07) is 6.46. The predicted molar refractivity (Wildman–Crippen MR) is 100 cm³/mol. The van der Waals surface area contributed by atoms with Gasteiger partial charge >= 0.3 is 5.97 Å². The number of hydrogen-bond donors (Lipinski definition) is 2. The van der Waals surface area contributed by atoms with Crippen LogP contribution in [0.1, 0.15) is 28.9 Å². The maximum atomic E-state index is 12.4. The number of carboxylic acids is 1. The first kappa shape index (κ1) is 18.9. The normalized spacial score (nSPS) is 12.0. The van der Waals surface area contributed by atoms with E-state index in [1.807, 2.05) is 18.2 Å². The molecule has 3 rings (SSSR count). The molecule has 0 aliphatic heterocycles. The molecule has 2 aromatic heterocycles. The topological polar surface area (TPSA) is 102 Å². The highest BCUT2D eigenvalue weighted by Gasteiger charge is 2.18. The van der Waals surface area contributed by atoms with E-state index in [2.05, 4.69) is 15.5 Å². The van der Waals surface area contributed by atoms with Crippen molar-refractivity contribution in [2.45, 2.75) is 19.5 Å². The Kier molecular flexibility index (Phi) is 5.48. The Morgan fingerprint density at radius 2 is 1.96 bits per heavy atom. The van der Waals surface area contributed by atoms with E-state index in [4.69, 9.17) is 28.3 Å². The third-order valence-electron chi connectivity index (χ3n) is 3.86. The molecule has 8 nitrogen and oxygen atoms in total. The van der Waals surface area contributed by atoms with Gasteiger partial charge in [0.1, 0.15) is 11.1 Å². The molecule has 0 radical (unpaired) electrons. The largest absolute Gasteiger partial charge is 0.480 e. The number of aliphatic carboxylic acids is 1. The molecule has 2 N–H and O–H groups in total. The highest BCUT2D eigenvalue weighted by Crippen LogP contribution is 2.22. The summed E-state index contributed by atoms with van der Waals surface area (Å²) >= 11 is 12.3. The fourth-order valence-electron chi connectivity index (χ4n) is 2.32. The number of carbonyl (C=O) groups excluding carboxylic acids is 1. The van der Waals surface area contributed by atoms with Crippen molar-refractivity contribution in [3.8, 4) is 0 Å². The van der Waals surface area contributed by atoms with Gasteiger partial charge in [-0.05, 0) is 18.6 Å². The SMILES string of the molecule is CC(C(=O)O)n1cc(C(=O)Nc2nn(Cc3ccccc3Cl)cc2Cl)cn1. The molecule has 140 valence electrons. The van der Waals surface area contributed by atoms with Crippen molar-refractivity contribution in [2.24, 2.45) is 0 Å². The first-order chi connectivity index (χ1) is 12.8. The van der Waals surface area contributed by atoms with Crippen LogP contribution in [-0.2, 0) is 11.3 Å². The van der Waals surface area contributed by atoms with Gasteiger partial charge in [0, 0.05) is 17.4 Å². The van der Waals surface area contributed by atoms with Crippen LogP contribution in [0.25, 0.3) is 0 Å². The molecule has 1 amide bonds. The molecule has 2 heterocycles. The van der Waals surface area contributed by atoms with E-state index in [9.17, 15) is 9.59 Å². The van der Waals surface area contributed by atoms with Crippen LogP contribution in [0.5, 0.6) is 0 Å². The van der Waals surface area contributed by atoms with Crippen molar-refractivity contribution in [2.75, 3.05) is 5.32 Å². The zero-order valence-corrected chi connectivity index (χ0v) is 15.6. The van der Waals surface area contributed by atoms with E-state index in [1.165, 1.54) is 24.0 Å². The summed E-state index contributed by atoms with van der Waals surface area (Å²) in [6.45, 7) is 1.85. The molecule has 1 unspecified atom stereocenters. The van der Waals surface area contributed by atoms with Gasteiger partial charge in [0.2, 0.25) is 0 Å². The zero-order chi connectivity index (χ0) is 19.6. The Balaban J connectivity index is 1.73. The van der Waals surface area contributed by atoms with Crippen molar-refractivity contribution in [3.05, 3.63) is 64.0 Å². The summed E-state index contributed by atoms with van der Waals surface area (Å²) in [7, 11) is 0. The molecular formula is C17H15Cl2N5O3. The van der Waals surface area contributed by atoms with E-state index in [0.29, 0.717) is 11.6 Å². The first-order valence-corrected chi connectivity index (χ1v) is 8.65. The molecule has 0 fully saturated rings. The van der Waals surface area contributed by atoms with E-state index in [0.717, 1.165) is 5.56 Å². The molecule has 0 aliphatic rings. The fourth-order valence-corrected chi connectivity index (χ4v) is 2.72. The number of halogens is 2. The van der Waals surface area contributed by atoms with Crippen LogP contribution in [0, 0.1) is 0 Å². The van der Waals surface area contributed by atoms with Gasteiger partial charge in [-0.2, -0.15) is 10.2 Å². The lowest BCUT2D eigenvalue weighted by Gasteiger charge is -2.05. The Morgan fingerprint density at radius 3 is 2.67 bits per heavy atom. The molecule has 0 saturated heterocycles. The molecule has 27 heavy (non-hydrogen) atoms. The smallest absolute Gasteiger partial charge is 0.328 e. The summed E-state index contributed by atoms with van der Waals surface area (Å²) in [5, 5.41) is 20.6. The molecule has 1 aromatic carbocycles. The Labute approximate surface area is 164 Å². The van der Waals surface area contributed by atoms with Gasteiger partial charge < -0.3 is 10.4 Å². The minimum atomic E-state index is -1.05. The third-order valence-corrected chi connectivity index (χ3v) is 4.50. The minimum absolute atomic E-state index is 0.188. The van der Waals surface area contributed by atoms with E-state index in [1.54, 1.807) is 16.9 Å². The fraction of sp³-hybridized carbons (Fsp3) is 0.176. The van der Waals surface area contributed by atoms with Crippen LogP contribution < -0.4 is 5.32 Å². The predicted octanol–water partition coefficient (Wildman–Crippen LogP) is 3.33. The van der Waals surface area contributed by atoms with Gasteiger partial charge in [0.05, 0.1) is 18.3 Å². The number of rotatable bonds is 6. The van der Waals surface area contributed by atoms with E-state index >= 15 is 0 Å². The van der Waals surface area contributed by atoms with Gasteiger partial charge in [-0.25, -0.2) is 4.79 Å². The summed E-state index contributed by atoms with van der Waals surface area (Å²) in [5.74, 6) is -1.36. The minimum Gasteiger partial charge on any atom is -0.480 e. The maximum Gasteiger partial charge on any atom is 0.328 e. The summed E-state index contributed by atoms with van der Waals surface area (Å²) in [4.78, 5) is 23.3. The van der Waals surface area contributed by atoms with Crippen LogP contribution in [0.3, 0.4) is 0 Å². The second-order valence-electron chi connectivity index (χ2n) is 5.79. The van der Waals surface area contributed by atoms with Gasteiger partial charge in [-0.3, -0.25) is 14.2 Å². The second-order valence-corrected chi connectivity index (χ2v) is 6.61. The Hall–Kier alpha value is -2.84. The number of carboxylic acid groups (broad SMARTS) is 1. The quantitative estimate of drug-likeness (QED) is 0.652.